The Morgan fingerprint density at radius 1 is 1.29 bits per heavy atom. The molecule has 1 saturated heterocycles. The average molecular weight is 334 g/mol. The molecular weight excluding hydrogens is 304 g/mol. The third-order valence-corrected chi connectivity index (χ3v) is 4.03. The van der Waals surface area contributed by atoms with Gasteiger partial charge in [-0.2, -0.15) is 0 Å². The number of carbonyl (C=O) groups excluding carboxylic acids is 1. The molecule has 1 aliphatic heterocycles. The van der Waals surface area contributed by atoms with Gasteiger partial charge in [0.15, 0.2) is 0 Å². The van der Waals surface area contributed by atoms with Gasteiger partial charge in [-0.25, -0.2) is 4.79 Å². The van der Waals surface area contributed by atoms with Gasteiger partial charge in [0, 0.05) is 26.7 Å². The molecule has 0 unspecified atom stereocenters. The molecule has 1 aromatic carbocycles. The number of nitrogens with zero attached hydrogens (tertiary/aromatic N) is 2. The molecular formula is C19H30N2O3. The fourth-order valence-electron chi connectivity index (χ4n) is 2.86. The highest BCUT2D eigenvalue weighted by Gasteiger charge is 2.20. The van der Waals surface area contributed by atoms with Crippen LogP contribution in [0.3, 0.4) is 0 Å². The van der Waals surface area contributed by atoms with Gasteiger partial charge < -0.3 is 14.7 Å². The van der Waals surface area contributed by atoms with Crippen LogP contribution in [0.4, 0.5) is 4.79 Å². The van der Waals surface area contributed by atoms with Crippen LogP contribution >= 0.6 is 0 Å². The van der Waals surface area contributed by atoms with Crippen molar-refractivity contribution in [1.29, 1.82) is 0 Å². The predicted octanol–water partition coefficient (Wildman–Crippen LogP) is 3.01. The van der Waals surface area contributed by atoms with Crippen molar-refractivity contribution in [3.05, 3.63) is 35.4 Å². The summed E-state index contributed by atoms with van der Waals surface area (Å²) in [5.41, 5.74) is 1.83. The summed E-state index contributed by atoms with van der Waals surface area (Å²) < 4.78 is 5.36. The Bertz CT molecular complexity index is 537. The Morgan fingerprint density at radius 2 is 1.92 bits per heavy atom. The zero-order chi connectivity index (χ0) is 17.7. The first-order valence-corrected chi connectivity index (χ1v) is 8.65. The zero-order valence-corrected chi connectivity index (χ0v) is 15.3. The number of aliphatic hydroxyl groups is 1. The van der Waals surface area contributed by atoms with Crippen LogP contribution in [0.1, 0.15) is 44.7 Å². The molecule has 0 aliphatic carbocycles. The molecule has 5 nitrogen and oxygen atoms in total. The second-order valence-electron chi connectivity index (χ2n) is 7.68. The van der Waals surface area contributed by atoms with Gasteiger partial charge in [-0.15, -0.1) is 0 Å². The van der Waals surface area contributed by atoms with E-state index >= 15 is 0 Å². The van der Waals surface area contributed by atoms with E-state index in [1.165, 1.54) is 5.56 Å². The molecule has 1 heterocycles. The number of likely N-dealkylation sites (tertiary alicyclic amines) is 1. The van der Waals surface area contributed by atoms with Crippen molar-refractivity contribution in [3.8, 4) is 0 Å². The molecule has 1 atom stereocenters. The molecule has 0 aromatic heterocycles. The molecule has 1 aromatic rings. The molecule has 0 bridgehead atoms. The van der Waals surface area contributed by atoms with E-state index < -0.39 is 5.60 Å². The number of benzene rings is 1. The average Bonchev–Trinajstić information content (AvgIpc) is 2.47. The first-order chi connectivity index (χ1) is 11.2. The summed E-state index contributed by atoms with van der Waals surface area (Å²) in [5, 5.41) is 9.74. The lowest BCUT2D eigenvalue weighted by atomic mass is 10.1. The minimum absolute atomic E-state index is 0.194. The Kier molecular flexibility index (Phi) is 6.24. The van der Waals surface area contributed by atoms with Gasteiger partial charge in [-0.05, 0) is 51.3 Å². The molecule has 2 rings (SSSR count). The van der Waals surface area contributed by atoms with E-state index in [9.17, 15) is 9.90 Å². The first-order valence-electron chi connectivity index (χ1n) is 8.65. The number of hydrogen-bond acceptors (Lipinski definition) is 4. The van der Waals surface area contributed by atoms with Gasteiger partial charge in [0.1, 0.15) is 5.60 Å². The summed E-state index contributed by atoms with van der Waals surface area (Å²) >= 11 is 0. The maximum absolute atomic E-state index is 12.0. The number of ether oxygens (including phenoxy) is 1. The van der Waals surface area contributed by atoms with Crippen LogP contribution in [-0.4, -0.2) is 52.8 Å². The quantitative estimate of drug-likeness (QED) is 0.920. The molecule has 24 heavy (non-hydrogen) atoms. The summed E-state index contributed by atoms with van der Waals surface area (Å²) in [4.78, 5) is 15.9. The molecule has 0 saturated carbocycles. The highest BCUT2D eigenvalue weighted by Crippen LogP contribution is 2.15. The van der Waals surface area contributed by atoms with Crippen molar-refractivity contribution in [2.45, 2.75) is 58.4 Å². The van der Waals surface area contributed by atoms with Gasteiger partial charge in [0.05, 0.1) is 6.10 Å². The lowest BCUT2D eigenvalue weighted by molar-refractivity contribution is 0.0285. The summed E-state index contributed by atoms with van der Waals surface area (Å²) in [6.45, 7) is 8.78. The highest BCUT2D eigenvalue weighted by atomic mass is 16.6. The largest absolute Gasteiger partial charge is 0.444 e. The molecule has 1 fully saturated rings. The van der Waals surface area contributed by atoms with Crippen LogP contribution in [0.5, 0.6) is 0 Å². The van der Waals surface area contributed by atoms with E-state index in [-0.39, 0.29) is 12.2 Å². The maximum atomic E-state index is 12.0. The third-order valence-electron chi connectivity index (χ3n) is 4.03. The number of aliphatic hydroxyl groups excluding tert-OH is 1. The monoisotopic (exact) mass is 334 g/mol. The highest BCUT2D eigenvalue weighted by molar-refractivity contribution is 5.67. The van der Waals surface area contributed by atoms with E-state index in [4.69, 9.17) is 4.74 Å². The van der Waals surface area contributed by atoms with E-state index in [1.807, 2.05) is 20.8 Å². The maximum Gasteiger partial charge on any atom is 0.410 e. The van der Waals surface area contributed by atoms with Gasteiger partial charge in [-0.1, -0.05) is 24.3 Å². The molecule has 1 N–H and O–H groups in total. The third kappa shape index (κ3) is 6.13. The molecule has 5 heteroatoms. The van der Waals surface area contributed by atoms with Crippen LogP contribution in [0.25, 0.3) is 0 Å². The van der Waals surface area contributed by atoms with E-state index in [1.54, 1.807) is 11.9 Å². The first kappa shape index (κ1) is 18.7. The molecule has 1 amide bonds. The smallest absolute Gasteiger partial charge is 0.410 e. The van der Waals surface area contributed by atoms with Crippen LogP contribution in [0.15, 0.2) is 24.3 Å². The second kappa shape index (κ2) is 7.99. The summed E-state index contributed by atoms with van der Waals surface area (Å²) in [7, 11) is 1.75. The van der Waals surface area contributed by atoms with Gasteiger partial charge >= 0.3 is 6.09 Å². The van der Waals surface area contributed by atoms with Crippen LogP contribution in [0.2, 0.25) is 0 Å². The topological polar surface area (TPSA) is 53.0 Å². The van der Waals surface area contributed by atoms with Crippen LogP contribution in [-0.2, 0) is 17.8 Å². The lowest BCUT2D eigenvalue weighted by Gasteiger charge is -2.30. The molecule has 1 aliphatic rings. The van der Waals surface area contributed by atoms with Gasteiger partial charge in [-0.3, -0.25) is 4.90 Å². The SMILES string of the molecule is CN(Cc1ccc(CN2CCC[C@@H](O)C2)cc1)C(=O)OC(C)(C)C. The summed E-state index contributed by atoms with van der Waals surface area (Å²) in [6.07, 6.45) is 1.46. The van der Waals surface area contributed by atoms with Crippen LogP contribution < -0.4 is 0 Å². The summed E-state index contributed by atoms with van der Waals surface area (Å²) in [5.74, 6) is 0. The fraction of sp³-hybridized carbons (Fsp3) is 0.632. The van der Waals surface area contributed by atoms with E-state index in [0.717, 1.165) is 38.0 Å². The minimum atomic E-state index is -0.478. The Labute approximate surface area is 145 Å². The summed E-state index contributed by atoms with van der Waals surface area (Å²) in [6, 6.07) is 8.30. The predicted molar refractivity (Wildman–Crippen MR) is 94.7 cm³/mol. The normalized spacial score (nSPS) is 19.1. The number of carbonyl (C=O) groups is 1. The van der Waals surface area contributed by atoms with Gasteiger partial charge in [0.25, 0.3) is 0 Å². The van der Waals surface area contributed by atoms with Crippen LogP contribution in [0, 0.1) is 0 Å². The van der Waals surface area contributed by atoms with Crippen molar-refractivity contribution in [2.24, 2.45) is 0 Å². The Morgan fingerprint density at radius 3 is 2.50 bits per heavy atom. The number of hydrogen-bond donors (Lipinski definition) is 1. The molecule has 0 spiro atoms. The van der Waals surface area contributed by atoms with E-state index in [2.05, 4.69) is 29.2 Å². The molecule has 134 valence electrons. The number of amides is 1. The fourth-order valence-corrected chi connectivity index (χ4v) is 2.86. The van der Waals surface area contributed by atoms with Crippen molar-refractivity contribution in [3.63, 3.8) is 0 Å². The lowest BCUT2D eigenvalue weighted by Crippen LogP contribution is -2.37. The Balaban J connectivity index is 1.86. The van der Waals surface area contributed by atoms with Crippen molar-refractivity contribution in [1.82, 2.24) is 9.80 Å². The van der Waals surface area contributed by atoms with Crippen molar-refractivity contribution in [2.75, 3.05) is 20.1 Å². The second-order valence-corrected chi connectivity index (χ2v) is 7.68. The zero-order valence-electron chi connectivity index (χ0n) is 15.3. The minimum Gasteiger partial charge on any atom is -0.444 e. The van der Waals surface area contributed by atoms with Crippen molar-refractivity contribution < 1.29 is 14.6 Å². The number of β-amino-alcohol motifs (C(OH)–C–C–N with tert-alkyl or cyclic N) is 1. The molecule has 0 radical (unpaired) electrons. The van der Waals surface area contributed by atoms with Gasteiger partial charge in [0.2, 0.25) is 0 Å². The Hall–Kier alpha value is -1.59. The number of rotatable bonds is 4. The number of piperidine rings is 1. The van der Waals surface area contributed by atoms with Crippen molar-refractivity contribution >= 4 is 6.09 Å². The standard InChI is InChI=1S/C19H30N2O3/c1-19(2,3)24-18(23)20(4)12-15-7-9-16(10-8-15)13-21-11-5-6-17(22)14-21/h7-10,17,22H,5-6,11-14H2,1-4H3/t17-/m1/s1. The van der Waals surface area contributed by atoms with E-state index in [0.29, 0.717) is 6.54 Å².